The van der Waals surface area contributed by atoms with Gasteiger partial charge in [0.2, 0.25) is 0 Å². The van der Waals surface area contributed by atoms with E-state index in [1.54, 1.807) is 6.92 Å². The fraction of sp³-hybridized carbons (Fsp3) is 0.750. The molecule has 1 saturated heterocycles. The van der Waals surface area contributed by atoms with Crippen molar-refractivity contribution in [2.75, 3.05) is 6.54 Å². The number of nitrogens with zero attached hydrogens (tertiary/aromatic N) is 1. The molecule has 2 rings (SSSR count). The SMILES string of the molecule is CCC1(CC)OC1(CC)CCCN1C(=O)C=C(C)C1=O. The van der Waals surface area contributed by atoms with Gasteiger partial charge in [-0.25, -0.2) is 0 Å². The van der Waals surface area contributed by atoms with Gasteiger partial charge in [-0.3, -0.25) is 14.5 Å². The van der Waals surface area contributed by atoms with Crippen LogP contribution in [-0.4, -0.2) is 34.5 Å². The average molecular weight is 279 g/mol. The Morgan fingerprint density at radius 1 is 1.10 bits per heavy atom. The van der Waals surface area contributed by atoms with Crippen molar-refractivity contribution < 1.29 is 14.3 Å². The van der Waals surface area contributed by atoms with Crippen molar-refractivity contribution in [3.8, 4) is 0 Å². The highest BCUT2D eigenvalue weighted by atomic mass is 16.6. The Hall–Kier alpha value is -1.16. The van der Waals surface area contributed by atoms with Crippen LogP contribution in [0.5, 0.6) is 0 Å². The van der Waals surface area contributed by atoms with Crippen molar-refractivity contribution in [3.05, 3.63) is 11.6 Å². The summed E-state index contributed by atoms with van der Waals surface area (Å²) in [4.78, 5) is 24.8. The minimum atomic E-state index is -0.174. The van der Waals surface area contributed by atoms with Crippen molar-refractivity contribution >= 4 is 11.8 Å². The van der Waals surface area contributed by atoms with Crippen molar-refractivity contribution in [2.24, 2.45) is 0 Å². The van der Waals surface area contributed by atoms with E-state index in [0.717, 1.165) is 32.1 Å². The first-order chi connectivity index (χ1) is 9.45. The molecule has 0 aliphatic carbocycles. The zero-order valence-corrected chi connectivity index (χ0v) is 13.0. The summed E-state index contributed by atoms with van der Waals surface area (Å²) in [6.45, 7) is 8.69. The summed E-state index contributed by atoms with van der Waals surface area (Å²) in [5.74, 6) is -0.318. The van der Waals surface area contributed by atoms with E-state index < -0.39 is 0 Å². The lowest BCUT2D eigenvalue weighted by atomic mass is 9.83. The largest absolute Gasteiger partial charge is 0.363 e. The summed E-state index contributed by atoms with van der Waals surface area (Å²) >= 11 is 0. The van der Waals surface area contributed by atoms with Crippen molar-refractivity contribution in [2.45, 2.75) is 71.0 Å². The molecule has 2 amide bonds. The summed E-state index contributed by atoms with van der Waals surface area (Å²) in [6.07, 6.45) is 6.20. The highest BCUT2D eigenvalue weighted by molar-refractivity contribution is 6.15. The summed E-state index contributed by atoms with van der Waals surface area (Å²) in [7, 11) is 0. The van der Waals surface area contributed by atoms with Crippen LogP contribution in [0.1, 0.15) is 59.8 Å². The molecule has 1 fully saturated rings. The molecule has 0 aromatic heterocycles. The molecule has 0 saturated carbocycles. The number of epoxide rings is 1. The van der Waals surface area contributed by atoms with Crippen LogP contribution in [0, 0.1) is 0 Å². The monoisotopic (exact) mass is 279 g/mol. The molecular weight excluding hydrogens is 254 g/mol. The molecule has 112 valence electrons. The van der Waals surface area contributed by atoms with Crippen LogP contribution in [-0.2, 0) is 14.3 Å². The molecule has 1 unspecified atom stereocenters. The minimum Gasteiger partial charge on any atom is -0.363 e. The third-order valence-corrected chi connectivity index (χ3v) is 5.04. The Balaban J connectivity index is 1.88. The van der Waals surface area contributed by atoms with Gasteiger partial charge in [-0.15, -0.1) is 0 Å². The first-order valence-corrected chi connectivity index (χ1v) is 7.69. The molecule has 2 aliphatic rings. The Bertz CT molecular complexity index is 451. The van der Waals surface area contributed by atoms with Gasteiger partial charge < -0.3 is 4.74 Å². The van der Waals surface area contributed by atoms with Gasteiger partial charge in [0.25, 0.3) is 11.8 Å². The lowest BCUT2D eigenvalue weighted by Crippen LogP contribution is -2.33. The highest BCUT2D eigenvalue weighted by Gasteiger charge is 2.65. The molecule has 0 aromatic rings. The third-order valence-electron chi connectivity index (χ3n) is 5.04. The predicted molar refractivity (Wildman–Crippen MR) is 77.1 cm³/mol. The van der Waals surface area contributed by atoms with Gasteiger partial charge in [0, 0.05) is 18.2 Å². The third kappa shape index (κ3) is 2.20. The van der Waals surface area contributed by atoms with Gasteiger partial charge in [0.15, 0.2) is 0 Å². The van der Waals surface area contributed by atoms with Crippen LogP contribution in [0.4, 0.5) is 0 Å². The van der Waals surface area contributed by atoms with Crippen molar-refractivity contribution in [1.29, 1.82) is 0 Å². The molecule has 2 heterocycles. The molecule has 0 aromatic carbocycles. The molecule has 0 N–H and O–H groups in total. The van der Waals surface area contributed by atoms with E-state index in [9.17, 15) is 9.59 Å². The van der Waals surface area contributed by atoms with E-state index in [1.165, 1.54) is 11.0 Å². The van der Waals surface area contributed by atoms with Crippen LogP contribution in [0.2, 0.25) is 0 Å². The van der Waals surface area contributed by atoms with E-state index in [1.807, 2.05) is 0 Å². The lowest BCUT2D eigenvalue weighted by Gasteiger charge is -2.19. The molecule has 0 radical (unpaired) electrons. The Morgan fingerprint density at radius 3 is 2.10 bits per heavy atom. The topological polar surface area (TPSA) is 49.9 Å². The first-order valence-electron chi connectivity index (χ1n) is 7.69. The Kier molecular flexibility index (Phi) is 4.05. The normalized spacial score (nSPS) is 28.0. The predicted octanol–water partition coefficient (Wildman–Crippen LogP) is 2.82. The number of hydrogen-bond donors (Lipinski definition) is 0. The maximum absolute atomic E-state index is 11.8. The number of amides is 2. The number of hydrogen-bond acceptors (Lipinski definition) is 3. The van der Waals surface area contributed by atoms with Crippen LogP contribution in [0.3, 0.4) is 0 Å². The lowest BCUT2D eigenvalue weighted by molar-refractivity contribution is -0.137. The molecule has 4 heteroatoms. The quantitative estimate of drug-likeness (QED) is 0.532. The van der Waals surface area contributed by atoms with Gasteiger partial charge in [0.05, 0.1) is 11.2 Å². The summed E-state index contributed by atoms with van der Waals surface area (Å²) in [6, 6.07) is 0. The molecule has 20 heavy (non-hydrogen) atoms. The van der Waals surface area contributed by atoms with Gasteiger partial charge in [-0.05, 0) is 39.0 Å². The van der Waals surface area contributed by atoms with E-state index in [4.69, 9.17) is 4.74 Å². The van der Waals surface area contributed by atoms with Gasteiger partial charge in [-0.1, -0.05) is 20.8 Å². The Labute approximate surface area is 121 Å². The van der Waals surface area contributed by atoms with Crippen molar-refractivity contribution in [1.82, 2.24) is 4.90 Å². The zero-order valence-electron chi connectivity index (χ0n) is 13.0. The van der Waals surface area contributed by atoms with Crippen LogP contribution >= 0.6 is 0 Å². The van der Waals surface area contributed by atoms with E-state index in [-0.39, 0.29) is 23.0 Å². The molecule has 0 bridgehead atoms. The van der Waals surface area contributed by atoms with E-state index >= 15 is 0 Å². The summed E-state index contributed by atoms with van der Waals surface area (Å²) in [5, 5.41) is 0. The smallest absolute Gasteiger partial charge is 0.256 e. The maximum Gasteiger partial charge on any atom is 0.256 e. The molecule has 4 nitrogen and oxygen atoms in total. The second kappa shape index (κ2) is 5.32. The van der Waals surface area contributed by atoms with Gasteiger partial charge in [0.1, 0.15) is 0 Å². The number of imide groups is 1. The Morgan fingerprint density at radius 2 is 1.70 bits per heavy atom. The number of ether oxygens (including phenoxy) is 1. The summed E-state index contributed by atoms with van der Waals surface area (Å²) in [5.41, 5.74) is 0.527. The van der Waals surface area contributed by atoms with Crippen LogP contribution < -0.4 is 0 Å². The highest BCUT2D eigenvalue weighted by Crippen LogP contribution is 2.57. The number of carbonyl (C=O) groups excluding carboxylic acids is 2. The standard InChI is InChI=1S/C16H25NO3/c1-5-15(6-2)16(7-3,20-15)9-8-10-17-13(18)11-12(4)14(17)19/h11H,5-10H2,1-4H3. The molecule has 0 spiro atoms. The fourth-order valence-electron chi connectivity index (χ4n) is 3.61. The van der Waals surface area contributed by atoms with Crippen LogP contribution in [0.15, 0.2) is 11.6 Å². The van der Waals surface area contributed by atoms with Crippen LogP contribution in [0.25, 0.3) is 0 Å². The first kappa shape index (κ1) is 15.2. The van der Waals surface area contributed by atoms with E-state index in [0.29, 0.717) is 12.1 Å². The zero-order chi connectivity index (χ0) is 15.0. The van der Waals surface area contributed by atoms with Crippen molar-refractivity contribution in [3.63, 3.8) is 0 Å². The maximum atomic E-state index is 11.8. The fourth-order valence-corrected chi connectivity index (χ4v) is 3.61. The molecular formula is C16H25NO3. The average Bonchev–Trinajstić information content (AvgIpc) is 3.04. The van der Waals surface area contributed by atoms with Gasteiger partial charge in [-0.2, -0.15) is 0 Å². The summed E-state index contributed by atoms with van der Waals surface area (Å²) < 4.78 is 6.08. The number of carbonyl (C=O) groups is 2. The van der Waals surface area contributed by atoms with E-state index in [2.05, 4.69) is 20.8 Å². The molecule has 2 aliphatic heterocycles. The molecule has 1 atom stereocenters. The second-order valence-corrected chi connectivity index (χ2v) is 5.88. The number of rotatable bonds is 7. The second-order valence-electron chi connectivity index (χ2n) is 5.88. The van der Waals surface area contributed by atoms with Gasteiger partial charge >= 0.3 is 0 Å². The minimum absolute atomic E-state index is 0.0228.